The van der Waals surface area contributed by atoms with Crippen LogP contribution in [0.3, 0.4) is 0 Å². The van der Waals surface area contributed by atoms with Crippen LogP contribution in [-0.4, -0.2) is 17.7 Å². The average molecular weight is 380 g/mol. The van der Waals surface area contributed by atoms with Crippen LogP contribution in [0, 0.1) is 6.92 Å². The molecule has 2 N–H and O–H groups in total. The minimum Gasteiger partial charge on any atom is -1.00 e. The summed E-state index contributed by atoms with van der Waals surface area (Å²) in [5, 5.41) is 4.59. The molecule has 0 aliphatic rings. The number of ether oxygens (including phenoxy) is 1. The molecule has 0 bridgehead atoms. The molecule has 0 spiro atoms. The van der Waals surface area contributed by atoms with Crippen LogP contribution >= 0.6 is 0 Å². The molecule has 0 fully saturated rings. The number of carbonyl (C=O) groups excluding carboxylic acids is 1. The number of hydrogen-bond acceptors (Lipinski definition) is 4. The van der Waals surface area contributed by atoms with Crippen LogP contribution in [0.5, 0.6) is 0 Å². The molecule has 5 nitrogen and oxygen atoms in total. The zero-order valence-corrected chi connectivity index (χ0v) is 15.0. The quantitative estimate of drug-likeness (QED) is 0.530. The summed E-state index contributed by atoms with van der Waals surface area (Å²) in [6, 6.07) is 11.9. The van der Waals surface area contributed by atoms with E-state index in [1.54, 1.807) is 11.6 Å². The van der Waals surface area contributed by atoms with Gasteiger partial charge in [-0.05, 0) is 26.3 Å². The third kappa shape index (κ3) is 5.32. The number of hydrogen-bond donors (Lipinski definition) is 1. The van der Waals surface area contributed by atoms with Crippen molar-refractivity contribution in [2.75, 3.05) is 12.3 Å². The van der Waals surface area contributed by atoms with Gasteiger partial charge in [-0.3, -0.25) is 10.5 Å². The van der Waals surface area contributed by atoms with E-state index >= 15 is 0 Å². The number of anilines is 1. The van der Waals surface area contributed by atoms with Gasteiger partial charge in [-0.1, -0.05) is 35.4 Å². The second-order valence-electron chi connectivity index (χ2n) is 5.10. The molecule has 23 heavy (non-hydrogen) atoms. The van der Waals surface area contributed by atoms with E-state index in [2.05, 4.69) is 5.10 Å². The van der Waals surface area contributed by atoms with Crippen molar-refractivity contribution in [3.63, 3.8) is 0 Å². The zero-order valence-electron chi connectivity index (χ0n) is 13.5. The SMILES string of the molecule is CCOC(=O)CCC[n+]1nc(-c2ccccc2)cc(C)c1N.[Br-]. The topological polar surface area (TPSA) is 69.1 Å². The molecule has 0 atom stereocenters. The third-order valence-electron chi connectivity index (χ3n) is 3.39. The predicted molar refractivity (Wildman–Crippen MR) is 84.9 cm³/mol. The van der Waals surface area contributed by atoms with E-state index in [1.165, 1.54) is 0 Å². The highest BCUT2D eigenvalue weighted by atomic mass is 79.9. The van der Waals surface area contributed by atoms with E-state index in [9.17, 15) is 4.79 Å². The predicted octanol–water partition coefficient (Wildman–Crippen LogP) is -0.726. The summed E-state index contributed by atoms with van der Waals surface area (Å²) in [5.41, 5.74) is 8.99. The maximum Gasteiger partial charge on any atom is 0.305 e. The van der Waals surface area contributed by atoms with Crippen molar-refractivity contribution in [3.8, 4) is 11.3 Å². The van der Waals surface area contributed by atoms with Crippen LogP contribution in [0.1, 0.15) is 25.3 Å². The van der Waals surface area contributed by atoms with E-state index < -0.39 is 0 Å². The molecule has 0 amide bonds. The van der Waals surface area contributed by atoms with E-state index in [0.29, 0.717) is 31.8 Å². The number of aromatic nitrogens is 2. The fourth-order valence-corrected chi connectivity index (χ4v) is 2.22. The highest BCUT2D eigenvalue weighted by Crippen LogP contribution is 2.17. The van der Waals surface area contributed by atoms with E-state index in [0.717, 1.165) is 16.8 Å². The van der Waals surface area contributed by atoms with Gasteiger partial charge in [0.25, 0.3) is 5.82 Å². The van der Waals surface area contributed by atoms with Gasteiger partial charge in [0.1, 0.15) is 12.2 Å². The average Bonchev–Trinajstić information content (AvgIpc) is 2.52. The van der Waals surface area contributed by atoms with Crippen LogP contribution in [0.4, 0.5) is 5.82 Å². The Balaban J connectivity index is 0.00000264. The minimum atomic E-state index is -0.183. The molecule has 0 saturated carbocycles. The highest BCUT2D eigenvalue weighted by Gasteiger charge is 2.14. The smallest absolute Gasteiger partial charge is 0.305 e. The molecule has 2 rings (SSSR count). The molecular weight excluding hydrogens is 358 g/mol. The first-order chi connectivity index (χ1) is 10.6. The molecule has 1 aromatic carbocycles. The largest absolute Gasteiger partial charge is 1.00 e. The van der Waals surface area contributed by atoms with Crippen LogP contribution < -0.4 is 27.4 Å². The lowest BCUT2D eigenvalue weighted by Crippen LogP contribution is -3.00. The maximum atomic E-state index is 11.4. The van der Waals surface area contributed by atoms with Gasteiger partial charge < -0.3 is 21.7 Å². The van der Waals surface area contributed by atoms with E-state index in [4.69, 9.17) is 10.5 Å². The lowest BCUT2D eigenvalue weighted by Gasteiger charge is -2.07. The zero-order chi connectivity index (χ0) is 15.9. The molecule has 0 unspecified atom stereocenters. The van der Waals surface area contributed by atoms with Crippen LogP contribution in [0.25, 0.3) is 11.3 Å². The number of nitrogen functional groups attached to an aromatic ring is 1. The summed E-state index contributed by atoms with van der Waals surface area (Å²) in [6.45, 7) is 4.77. The van der Waals surface area contributed by atoms with Gasteiger partial charge in [-0.2, -0.15) is 0 Å². The van der Waals surface area contributed by atoms with Crippen LogP contribution in [0.2, 0.25) is 0 Å². The molecule has 0 saturated heterocycles. The maximum absolute atomic E-state index is 11.4. The Hall–Kier alpha value is -1.95. The van der Waals surface area contributed by atoms with Gasteiger partial charge in [-0.25, -0.2) is 0 Å². The third-order valence-corrected chi connectivity index (χ3v) is 3.39. The Kier molecular flexibility index (Phi) is 7.68. The van der Waals surface area contributed by atoms with E-state index in [1.807, 2.05) is 43.3 Å². The number of aryl methyl sites for hydroxylation is 2. The number of benzene rings is 1. The summed E-state index contributed by atoms with van der Waals surface area (Å²) in [6.07, 6.45) is 1.02. The molecule has 1 aromatic heterocycles. The normalized spacial score (nSPS) is 10.0. The Morgan fingerprint density at radius 1 is 1.30 bits per heavy atom. The van der Waals surface area contributed by atoms with E-state index in [-0.39, 0.29) is 23.0 Å². The lowest BCUT2D eigenvalue weighted by atomic mass is 10.1. The van der Waals surface area contributed by atoms with Gasteiger partial charge in [0.15, 0.2) is 0 Å². The summed E-state index contributed by atoms with van der Waals surface area (Å²) < 4.78 is 6.69. The van der Waals surface area contributed by atoms with Gasteiger partial charge in [0.2, 0.25) is 0 Å². The first kappa shape index (κ1) is 19.1. The molecule has 2 aromatic rings. The van der Waals surface area contributed by atoms with Crippen molar-refractivity contribution >= 4 is 11.8 Å². The van der Waals surface area contributed by atoms with Gasteiger partial charge in [0.05, 0.1) is 6.61 Å². The summed E-state index contributed by atoms with van der Waals surface area (Å²) >= 11 is 0. The molecule has 124 valence electrons. The second kappa shape index (κ2) is 9.25. The fourth-order valence-electron chi connectivity index (χ4n) is 2.22. The highest BCUT2D eigenvalue weighted by molar-refractivity contribution is 5.69. The number of esters is 1. The minimum absolute atomic E-state index is 0. The summed E-state index contributed by atoms with van der Waals surface area (Å²) in [4.78, 5) is 11.4. The first-order valence-electron chi connectivity index (χ1n) is 7.50. The van der Waals surface area contributed by atoms with Crippen molar-refractivity contribution in [1.82, 2.24) is 5.10 Å². The Labute approximate surface area is 147 Å². The van der Waals surface area contributed by atoms with Crippen molar-refractivity contribution in [2.45, 2.75) is 33.2 Å². The number of halogens is 1. The fraction of sp³-hybridized carbons (Fsp3) is 0.353. The van der Waals surface area contributed by atoms with Crippen LogP contribution in [0.15, 0.2) is 36.4 Å². The molecule has 0 aliphatic heterocycles. The molecular formula is C17H22BrN3O2. The van der Waals surface area contributed by atoms with Gasteiger partial charge >= 0.3 is 5.97 Å². The number of nitrogens with zero attached hydrogens (tertiary/aromatic N) is 2. The van der Waals surface area contributed by atoms with Gasteiger partial charge in [0, 0.05) is 17.5 Å². The molecule has 6 heteroatoms. The van der Waals surface area contributed by atoms with Crippen molar-refractivity contribution in [1.29, 1.82) is 0 Å². The molecule has 0 radical (unpaired) electrons. The molecule has 1 heterocycles. The monoisotopic (exact) mass is 379 g/mol. The Morgan fingerprint density at radius 2 is 2.00 bits per heavy atom. The first-order valence-corrected chi connectivity index (χ1v) is 7.50. The summed E-state index contributed by atoms with van der Waals surface area (Å²) in [7, 11) is 0. The Bertz CT molecular complexity index is 648. The second-order valence-corrected chi connectivity index (χ2v) is 5.10. The van der Waals surface area contributed by atoms with Crippen molar-refractivity contribution in [2.24, 2.45) is 0 Å². The number of carbonyl (C=O) groups is 1. The standard InChI is InChI=1S/C17H21N3O2.BrH/c1-3-22-16(21)10-7-11-20-17(18)13(2)12-15(19-20)14-8-5-4-6-9-14;/h4-6,8-9,12,18H,3,7,10-11H2,1-2H3;1H. The molecule has 0 aliphatic carbocycles. The van der Waals surface area contributed by atoms with Crippen molar-refractivity contribution in [3.05, 3.63) is 42.0 Å². The Morgan fingerprint density at radius 3 is 2.65 bits per heavy atom. The summed E-state index contributed by atoms with van der Waals surface area (Å²) in [5.74, 6) is 0.446. The number of nitrogens with two attached hydrogens (primary N) is 1. The van der Waals surface area contributed by atoms with Gasteiger partial charge in [-0.15, -0.1) is 4.68 Å². The van der Waals surface area contributed by atoms with Crippen LogP contribution in [-0.2, 0) is 16.1 Å². The lowest BCUT2D eigenvalue weighted by molar-refractivity contribution is -0.740. The van der Waals surface area contributed by atoms with Crippen molar-refractivity contribution < 1.29 is 31.2 Å². The number of rotatable bonds is 6.